The SMILES string of the molecule is Cc1ccc(Cl)cc1.O=C(NCC(=O)N1CCC(c2ccccc2CN2CCCC2=O)CC1)c1cc(=O)c2cc3c(cc2o1)OCO3. The maximum atomic E-state index is 12.9. The summed E-state index contributed by atoms with van der Waals surface area (Å²) >= 11 is 5.61. The van der Waals surface area contributed by atoms with Crippen LogP contribution in [0, 0.1) is 6.92 Å². The summed E-state index contributed by atoms with van der Waals surface area (Å²) in [6.07, 6.45) is 3.15. The average Bonchev–Trinajstić information content (AvgIpc) is 3.72. The van der Waals surface area contributed by atoms with Gasteiger partial charge in [-0.15, -0.1) is 0 Å². The Morgan fingerprint density at radius 1 is 0.936 bits per heavy atom. The molecule has 3 aliphatic heterocycles. The highest BCUT2D eigenvalue weighted by Gasteiger charge is 2.27. The Morgan fingerprint density at radius 2 is 1.66 bits per heavy atom. The second-order valence-corrected chi connectivity index (χ2v) is 12.4. The molecule has 3 aromatic carbocycles. The Kier molecular flexibility index (Phi) is 9.77. The molecule has 1 N–H and O–H groups in total. The summed E-state index contributed by atoms with van der Waals surface area (Å²) in [4.78, 5) is 53.9. The van der Waals surface area contributed by atoms with Crippen molar-refractivity contribution in [3.63, 3.8) is 0 Å². The number of halogens is 1. The van der Waals surface area contributed by atoms with Gasteiger partial charge in [0.1, 0.15) is 5.58 Å². The average molecular weight is 658 g/mol. The standard InChI is InChI=1S/C29H29N3O7.C7H7Cl/c33-22-13-26(39-23-14-25-24(12-21(22)23)37-17-38-25)29(36)30-15-28(35)31-10-7-18(8-11-31)20-5-2-1-4-19(20)16-32-9-3-6-27(32)34;1-6-2-4-7(8)5-3-6/h1-2,4-5,12-14,18H,3,6-11,15-17H2,(H,30,36);2-5H,1H3. The van der Waals surface area contributed by atoms with Gasteiger partial charge < -0.3 is 29.0 Å². The minimum atomic E-state index is -0.639. The molecular formula is C36H36ClN3O7. The highest BCUT2D eigenvalue weighted by atomic mass is 35.5. The van der Waals surface area contributed by atoms with Gasteiger partial charge in [-0.1, -0.05) is 53.6 Å². The van der Waals surface area contributed by atoms with E-state index in [2.05, 4.69) is 17.4 Å². The van der Waals surface area contributed by atoms with Crippen molar-refractivity contribution in [2.75, 3.05) is 33.0 Å². The number of nitrogens with zero attached hydrogens (tertiary/aromatic N) is 2. The Labute approximate surface area is 277 Å². The molecular weight excluding hydrogens is 622 g/mol. The van der Waals surface area contributed by atoms with Crippen LogP contribution in [0.15, 0.2) is 75.9 Å². The first kappa shape index (κ1) is 32.1. The Hall–Kier alpha value is -4.83. The molecule has 244 valence electrons. The molecule has 2 saturated heterocycles. The summed E-state index contributed by atoms with van der Waals surface area (Å²) in [5.74, 6) is 0.401. The number of carbonyl (C=O) groups is 3. The smallest absolute Gasteiger partial charge is 0.287 e. The summed E-state index contributed by atoms with van der Waals surface area (Å²) in [5.41, 5.74) is 3.48. The van der Waals surface area contributed by atoms with Gasteiger partial charge in [0, 0.05) is 49.8 Å². The number of amides is 3. The first-order valence-corrected chi connectivity index (χ1v) is 16.1. The van der Waals surface area contributed by atoms with Gasteiger partial charge >= 0.3 is 0 Å². The zero-order chi connectivity index (χ0) is 32.9. The fourth-order valence-corrected chi connectivity index (χ4v) is 6.26. The monoisotopic (exact) mass is 657 g/mol. The first-order valence-electron chi connectivity index (χ1n) is 15.8. The zero-order valence-corrected chi connectivity index (χ0v) is 26.9. The van der Waals surface area contributed by atoms with E-state index in [1.807, 2.05) is 48.2 Å². The van der Waals surface area contributed by atoms with Gasteiger partial charge in [0.2, 0.25) is 18.6 Å². The number of ether oxygens (including phenoxy) is 2. The lowest BCUT2D eigenvalue weighted by molar-refractivity contribution is -0.131. The van der Waals surface area contributed by atoms with Crippen LogP contribution in [0.4, 0.5) is 0 Å². The number of benzene rings is 3. The zero-order valence-electron chi connectivity index (χ0n) is 26.1. The van der Waals surface area contributed by atoms with E-state index in [1.165, 1.54) is 28.8 Å². The predicted molar refractivity (Wildman–Crippen MR) is 177 cm³/mol. The highest BCUT2D eigenvalue weighted by Crippen LogP contribution is 2.35. The number of aryl methyl sites for hydroxylation is 1. The number of hydrogen-bond acceptors (Lipinski definition) is 7. The van der Waals surface area contributed by atoms with Crippen LogP contribution in [0.3, 0.4) is 0 Å². The molecule has 0 radical (unpaired) electrons. The summed E-state index contributed by atoms with van der Waals surface area (Å²) in [5, 5.41) is 3.66. The van der Waals surface area contributed by atoms with Crippen LogP contribution in [0.2, 0.25) is 5.02 Å². The Morgan fingerprint density at radius 3 is 2.36 bits per heavy atom. The van der Waals surface area contributed by atoms with Gasteiger partial charge in [-0.25, -0.2) is 0 Å². The maximum absolute atomic E-state index is 12.9. The molecule has 10 nitrogen and oxygen atoms in total. The van der Waals surface area contributed by atoms with Crippen LogP contribution in [0.5, 0.6) is 11.5 Å². The lowest BCUT2D eigenvalue weighted by atomic mass is 9.86. The minimum Gasteiger partial charge on any atom is -0.454 e. The highest BCUT2D eigenvalue weighted by molar-refractivity contribution is 6.30. The lowest BCUT2D eigenvalue weighted by Crippen LogP contribution is -2.44. The maximum Gasteiger partial charge on any atom is 0.287 e. The van der Waals surface area contributed by atoms with E-state index in [0.29, 0.717) is 43.5 Å². The van der Waals surface area contributed by atoms with E-state index in [4.69, 9.17) is 25.5 Å². The molecule has 11 heteroatoms. The van der Waals surface area contributed by atoms with Gasteiger partial charge in [0.15, 0.2) is 22.7 Å². The van der Waals surface area contributed by atoms with Crippen LogP contribution in [0.25, 0.3) is 11.0 Å². The number of likely N-dealkylation sites (tertiary alicyclic amines) is 2. The minimum absolute atomic E-state index is 0.0542. The third-order valence-electron chi connectivity index (χ3n) is 8.73. The molecule has 0 bridgehead atoms. The number of rotatable bonds is 6. The molecule has 1 aromatic heterocycles. The molecule has 0 saturated carbocycles. The number of carbonyl (C=O) groups excluding carboxylic acids is 3. The van der Waals surface area contributed by atoms with Crippen molar-refractivity contribution in [3.05, 3.63) is 104 Å². The summed E-state index contributed by atoms with van der Waals surface area (Å²) in [6, 6.07) is 20.2. The third-order valence-corrected chi connectivity index (χ3v) is 8.98. The van der Waals surface area contributed by atoms with Crippen LogP contribution < -0.4 is 20.2 Å². The molecule has 3 amide bonds. The third kappa shape index (κ3) is 7.60. The van der Waals surface area contributed by atoms with Gasteiger partial charge in [0.05, 0.1) is 11.9 Å². The van der Waals surface area contributed by atoms with Crippen molar-refractivity contribution >= 4 is 40.3 Å². The molecule has 0 unspecified atom stereocenters. The molecule has 3 aliphatic rings. The number of piperidine rings is 1. The molecule has 47 heavy (non-hydrogen) atoms. The van der Waals surface area contributed by atoms with Crippen LogP contribution in [-0.4, -0.2) is 60.5 Å². The van der Waals surface area contributed by atoms with E-state index in [0.717, 1.165) is 36.9 Å². The Balaban J connectivity index is 0.000000424. The number of fused-ring (bicyclic) bond motifs is 2. The molecule has 4 aromatic rings. The van der Waals surface area contributed by atoms with Crippen molar-refractivity contribution in [3.8, 4) is 11.5 Å². The van der Waals surface area contributed by atoms with Gasteiger partial charge in [-0.05, 0) is 61.4 Å². The van der Waals surface area contributed by atoms with E-state index < -0.39 is 5.91 Å². The van der Waals surface area contributed by atoms with Crippen molar-refractivity contribution in [2.45, 2.75) is 45.1 Å². The van der Waals surface area contributed by atoms with E-state index in [-0.39, 0.29) is 47.3 Å². The predicted octanol–water partition coefficient (Wildman–Crippen LogP) is 5.43. The van der Waals surface area contributed by atoms with Crippen molar-refractivity contribution < 1.29 is 28.3 Å². The second-order valence-electron chi connectivity index (χ2n) is 11.9. The van der Waals surface area contributed by atoms with Crippen molar-refractivity contribution in [1.29, 1.82) is 0 Å². The fraction of sp³-hybridized carbons (Fsp3) is 0.333. The van der Waals surface area contributed by atoms with E-state index >= 15 is 0 Å². The molecule has 0 atom stereocenters. The second kappa shape index (κ2) is 14.3. The molecule has 0 aliphatic carbocycles. The Bertz CT molecular complexity index is 1830. The molecule has 0 spiro atoms. The van der Waals surface area contributed by atoms with Gasteiger partial charge in [0.25, 0.3) is 5.91 Å². The number of hydrogen-bond donors (Lipinski definition) is 1. The largest absolute Gasteiger partial charge is 0.454 e. The molecule has 4 heterocycles. The topological polar surface area (TPSA) is 118 Å². The van der Waals surface area contributed by atoms with Crippen molar-refractivity contribution in [2.24, 2.45) is 0 Å². The van der Waals surface area contributed by atoms with E-state index in [1.54, 1.807) is 4.90 Å². The first-order chi connectivity index (χ1) is 22.7. The summed E-state index contributed by atoms with van der Waals surface area (Å²) < 4.78 is 16.2. The van der Waals surface area contributed by atoms with E-state index in [9.17, 15) is 19.2 Å². The van der Waals surface area contributed by atoms with Crippen LogP contribution in [-0.2, 0) is 16.1 Å². The normalized spacial score (nSPS) is 15.8. The van der Waals surface area contributed by atoms with Crippen LogP contribution >= 0.6 is 11.6 Å². The number of nitrogens with one attached hydrogen (secondary N) is 1. The lowest BCUT2D eigenvalue weighted by Gasteiger charge is -2.33. The quantitative estimate of drug-likeness (QED) is 0.294. The van der Waals surface area contributed by atoms with Crippen molar-refractivity contribution in [1.82, 2.24) is 15.1 Å². The summed E-state index contributed by atoms with van der Waals surface area (Å²) in [6.45, 7) is 4.49. The summed E-state index contributed by atoms with van der Waals surface area (Å²) in [7, 11) is 0. The fourth-order valence-electron chi connectivity index (χ4n) is 6.14. The van der Waals surface area contributed by atoms with Gasteiger partial charge in [-0.3, -0.25) is 19.2 Å². The molecule has 7 rings (SSSR count). The van der Waals surface area contributed by atoms with Crippen LogP contribution in [0.1, 0.15) is 58.8 Å². The van der Waals surface area contributed by atoms with Gasteiger partial charge in [-0.2, -0.15) is 0 Å². The molecule has 2 fully saturated rings.